The first-order valence-corrected chi connectivity index (χ1v) is 12.9. The van der Waals surface area contributed by atoms with E-state index >= 15 is 0 Å². The molecule has 6 rings (SSSR count). The molecule has 1 aliphatic rings. The molecule has 0 bridgehead atoms. The Hall–Kier alpha value is -5.05. The van der Waals surface area contributed by atoms with Crippen molar-refractivity contribution in [3.05, 3.63) is 114 Å². The Morgan fingerprint density at radius 2 is 1.73 bits per heavy atom. The van der Waals surface area contributed by atoms with Gasteiger partial charge >= 0.3 is 0 Å². The quantitative estimate of drug-likeness (QED) is 0.327. The number of halogens is 1. The summed E-state index contributed by atoms with van der Waals surface area (Å²) in [5, 5.41) is 8.41. The Labute approximate surface area is 230 Å². The number of hydrogen-bond acceptors (Lipinski definition) is 5. The van der Waals surface area contributed by atoms with Crippen LogP contribution in [-0.4, -0.2) is 39.7 Å². The third-order valence-electron chi connectivity index (χ3n) is 7.36. The molecule has 0 saturated carbocycles. The molecule has 200 valence electrons. The number of benzene rings is 3. The van der Waals surface area contributed by atoms with Gasteiger partial charge in [-0.3, -0.25) is 14.6 Å². The Morgan fingerprint density at radius 3 is 2.42 bits per heavy atom. The minimum atomic E-state index is -0.508. The summed E-state index contributed by atoms with van der Waals surface area (Å²) in [4.78, 5) is 32.8. The van der Waals surface area contributed by atoms with Gasteiger partial charge in [-0.05, 0) is 72.3 Å². The van der Waals surface area contributed by atoms with Crippen molar-refractivity contribution in [2.75, 3.05) is 12.0 Å². The Balaban J connectivity index is 1.40. The van der Waals surface area contributed by atoms with Gasteiger partial charge in [-0.1, -0.05) is 19.1 Å². The molecule has 0 aliphatic carbocycles. The van der Waals surface area contributed by atoms with Gasteiger partial charge in [0.25, 0.3) is 5.91 Å². The highest BCUT2D eigenvalue weighted by molar-refractivity contribution is 6.02. The van der Waals surface area contributed by atoms with Crippen molar-refractivity contribution < 1.29 is 18.7 Å². The van der Waals surface area contributed by atoms with Crippen LogP contribution >= 0.6 is 0 Å². The average Bonchev–Trinajstić information content (AvgIpc) is 3.52. The number of carbonyl (C=O) groups is 2. The lowest BCUT2D eigenvalue weighted by Gasteiger charge is -2.29. The van der Waals surface area contributed by atoms with Crippen molar-refractivity contribution in [3.63, 3.8) is 0 Å². The second-order valence-corrected chi connectivity index (χ2v) is 9.73. The number of hydrogen-bond donors (Lipinski definition) is 1. The number of pyridine rings is 1. The Kier molecular flexibility index (Phi) is 6.47. The molecular weight excluding hydrogens is 509 g/mol. The summed E-state index contributed by atoms with van der Waals surface area (Å²) in [6.45, 7) is 1.83. The highest BCUT2D eigenvalue weighted by Gasteiger charge is 2.48. The van der Waals surface area contributed by atoms with E-state index in [9.17, 15) is 14.0 Å². The highest BCUT2D eigenvalue weighted by atomic mass is 19.1. The maximum absolute atomic E-state index is 13.8. The minimum absolute atomic E-state index is 0.109. The standard InChI is InChI=1S/C31H26FN5O3/c1-19-28(35-30(38)21-4-3-15-33-17-21)29(20-5-12-26(40-2)13-6-20)36(31(19)39)25-11-14-27-22(16-25)18-34-37(27)24-9-7-23(32)8-10-24/h3-19,28-29H,1-2H3,(H,35,38)/t19-,28?,29+/m0/s1. The molecule has 5 aromatic rings. The lowest BCUT2D eigenvalue weighted by Crippen LogP contribution is -2.42. The number of nitrogens with zero attached hydrogens (tertiary/aromatic N) is 4. The van der Waals surface area contributed by atoms with E-state index in [1.807, 2.05) is 49.4 Å². The van der Waals surface area contributed by atoms with E-state index in [1.165, 1.54) is 18.3 Å². The fourth-order valence-electron chi connectivity index (χ4n) is 5.28. The van der Waals surface area contributed by atoms with Gasteiger partial charge in [-0.15, -0.1) is 0 Å². The monoisotopic (exact) mass is 535 g/mol. The van der Waals surface area contributed by atoms with E-state index in [1.54, 1.807) is 53.4 Å². The first-order valence-electron chi connectivity index (χ1n) is 12.9. The van der Waals surface area contributed by atoms with Crippen LogP contribution in [0.4, 0.5) is 10.1 Å². The zero-order valence-electron chi connectivity index (χ0n) is 21.9. The largest absolute Gasteiger partial charge is 0.497 e. The molecule has 2 amide bonds. The van der Waals surface area contributed by atoms with Gasteiger partial charge in [0.05, 0.1) is 48.1 Å². The molecular formula is C31H26FN5O3. The highest BCUT2D eigenvalue weighted by Crippen LogP contribution is 2.41. The molecule has 0 radical (unpaired) electrons. The summed E-state index contributed by atoms with van der Waals surface area (Å²) < 4.78 is 20.5. The average molecular weight is 536 g/mol. The predicted octanol–water partition coefficient (Wildman–Crippen LogP) is 5.09. The summed E-state index contributed by atoms with van der Waals surface area (Å²) in [6.07, 6.45) is 4.83. The van der Waals surface area contributed by atoms with Crippen LogP contribution in [0.25, 0.3) is 16.6 Å². The van der Waals surface area contributed by atoms with Crippen LogP contribution in [0.2, 0.25) is 0 Å². The van der Waals surface area contributed by atoms with Crippen molar-refractivity contribution in [3.8, 4) is 11.4 Å². The molecule has 3 heterocycles. The number of fused-ring (bicyclic) bond motifs is 1. The third-order valence-corrected chi connectivity index (χ3v) is 7.36. The van der Waals surface area contributed by atoms with E-state index in [0.29, 0.717) is 17.0 Å². The molecule has 2 aromatic heterocycles. The lowest BCUT2D eigenvalue weighted by atomic mass is 9.94. The van der Waals surface area contributed by atoms with Crippen molar-refractivity contribution in [1.82, 2.24) is 20.1 Å². The number of anilines is 1. The molecule has 1 aliphatic heterocycles. The summed E-state index contributed by atoms with van der Waals surface area (Å²) >= 11 is 0. The second-order valence-electron chi connectivity index (χ2n) is 9.73. The van der Waals surface area contributed by atoms with E-state index in [-0.39, 0.29) is 17.6 Å². The molecule has 0 spiro atoms. The second kappa shape index (κ2) is 10.3. The SMILES string of the molecule is COc1ccc([C@@H]2C(NC(=O)c3cccnc3)[C@H](C)C(=O)N2c2ccc3c(cnn3-c3ccc(F)cc3)c2)cc1. The smallest absolute Gasteiger partial charge is 0.253 e. The number of methoxy groups -OCH3 is 1. The van der Waals surface area contributed by atoms with Crippen LogP contribution in [0.5, 0.6) is 5.75 Å². The summed E-state index contributed by atoms with van der Waals surface area (Å²) in [6, 6.07) is 21.7. The molecule has 1 unspecified atom stereocenters. The predicted molar refractivity (Wildman–Crippen MR) is 149 cm³/mol. The fourth-order valence-corrected chi connectivity index (χ4v) is 5.28. The fraction of sp³-hybridized carbons (Fsp3) is 0.161. The maximum Gasteiger partial charge on any atom is 0.253 e. The molecule has 3 aromatic carbocycles. The topological polar surface area (TPSA) is 89.3 Å². The first kappa shape index (κ1) is 25.2. The summed E-state index contributed by atoms with van der Waals surface area (Å²) in [5.74, 6) is -0.528. The Bertz CT molecular complexity index is 1690. The number of ether oxygens (including phenoxy) is 1. The van der Waals surface area contributed by atoms with Crippen LogP contribution in [0.3, 0.4) is 0 Å². The lowest BCUT2D eigenvalue weighted by molar-refractivity contribution is -0.120. The summed E-state index contributed by atoms with van der Waals surface area (Å²) in [7, 11) is 1.60. The normalized spacial score (nSPS) is 18.7. The number of carbonyl (C=O) groups excluding carboxylic acids is 2. The van der Waals surface area contributed by atoms with E-state index in [0.717, 1.165) is 22.2 Å². The number of rotatable bonds is 6. The molecule has 1 N–H and O–H groups in total. The number of nitrogens with one attached hydrogen (secondary N) is 1. The van der Waals surface area contributed by atoms with E-state index < -0.39 is 18.0 Å². The number of amides is 2. The van der Waals surface area contributed by atoms with Crippen LogP contribution in [0, 0.1) is 11.7 Å². The molecule has 1 fully saturated rings. The van der Waals surface area contributed by atoms with Crippen molar-refractivity contribution in [2.24, 2.45) is 5.92 Å². The minimum Gasteiger partial charge on any atom is -0.497 e. The van der Waals surface area contributed by atoms with E-state index in [4.69, 9.17) is 4.74 Å². The zero-order chi connectivity index (χ0) is 27.8. The van der Waals surface area contributed by atoms with Gasteiger partial charge in [-0.2, -0.15) is 5.10 Å². The van der Waals surface area contributed by atoms with Gasteiger partial charge in [0.1, 0.15) is 11.6 Å². The molecule has 3 atom stereocenters. The maximum atomic E-state index is 13.8. The molecule has 40 heavy (non-hydrogen) atoms. The Morgan fingerprint density at radius 1 is 0.975 bits per heavy atom. The van der Waals surface area contributed by atoms with Gasteiger partial charge in [0, 0.05) is 23.5 Å². The first-order chi connectivity index (χ1) is 19.4. The third kappa shape index (κ3) is 4.45. The zero-order valence-corrected chi connectivity index (χ0v) is 21.9. The van der Waals surface area contributed by atoms with Crippen LogP contribution in [0.1, 0.15) is 28.9 Å². The van der Waals surface area contributed by atoms with Crippen molar-refractivity contribution in [1.29, 1.82) is 0 Å². The number of aromatic nitrogens is 3. The molecule has 1 saturated heterocycles. The van der Waals surface area contributed by atoms with Gasteiger partial charge in [-0.25, -0.2) is 9.07 Å². The van der Waals surface area contributed by atoms with Gasteiger partial charge in [0.2, 0.25) is 5.91 Å². The van der Waals surface area contributed by atoms with E-state index in [2.05, 4.69) is 15.4 Å². The van der Waals surface area contributed by atoms with Crippen LogP contribution < -0.4 is 15.0 Å². The van der Waals surface area contributed by atoms with Crippen LogP contribution in [0.15, 0.2) is 97.5 Å². The summed E-state index contributed by atoms with van der Waals surface area (Å²) in [5.41, 5.74) is 3.50. The van der Waals surface area contributed by atoms with Crippen molar-refractivity contribution >= 4 is 28.4 Å². The molecule has 8 nitrogen and oxygen atoms in total. The van der Waals surface area contributed by atoms with Crippen molar-refractivity contribution in [2.45, 2.75) is 19.0 Å². The van der Waals surface area contributed by atoms with Gasteiger partial charge in [0.15, 0.2) is 0 Å². The van der Waals surface area contributed by atoms with Crippen LogP contribution in [-0.2, 0) is 4.79 Å². The van der Waals surface area contributed by atoms with Gasteiger partial charge < -0.3 is 15.0 Å². The molecule has 9 heteroatoms.